The first-order valence-corrected chi connectivity index (χ1v) is 9.31. The maximum absolute atomic E-state index is 12.2. The summed E-state index contributed by atoms with van der Waals surface area (Å²) in [6.45, 7) is 8.22. The lowest BCUT2D eigenvalue weighted by Crippen LogP contribution is -2.40. The van der Waals surface area contributed by atoms with Crippen LogP contribution in [0.2, 0.25) is 0 Å². The number of nitrogens with one attached hydrogen (secondary N) is 1. The fourth-order valence-corrected chi connectivity index (χ4v) is 3.57. The highest BCUT2D eigenvalue weighted by atomic mass is 16.5. The third-order valence-electron chi connectivity index (χ3n) is 5.10. The van der Waals surface area contributed by atoms with Crippen LogP contribution in [0.3, 0.4) is 0 Å². The van der Waals surface area contributed by atoms with Crippen LogP contribution in [0, 0.1) is 13.8 Å². The van der Waals surface area contributed by atoms with E-state index in [1.54, 1.807) is 0 Å². The molecule has 1 N–H and O–H groups in total. The van der Waals surface area contributed by atoms with Gasteiger partial charge in [0.15, 0.2) is 6.61 Å². The average Bonchev–Trinajstić information content (AvgIpc) is 3.09. The van der Waals surface area contributed by atoms with Crippen molar-refractivity contribution in [3.63, 3.8) is 0 Å². The predicted molar refractivity (Wildman–Crippen MR) is 104 cm³/mol. The molecule has 2 atom stereocenters. The van der Waals surface area contributed by atoms with E-state index in [1.165, 1.54) is 11.1 Å². The predicted octanol–water partition coefficient (Wildman–Crippen LogP) is 3.63. The molecule has 1 heterocycles. The first-order valence-electron chi connectivity index (χ1n) is 9.31. The number of nitrogens with zero attached hydrogens (tertiary/aromatic N) is 1. The number of amides is 1. The Morgan fingerprint density at radius 3 is 2.73 bits per heavy atom. The van der Waals surface area contributed by atoms with Crippen LogP contribution in [-0.4, -0.2) is 36.5 Å². The summed E-state index contributed by atoms with van der Waals surface area (Å²) < 4.78 is 5.68. The van der Waals surface area contributed by atoms with Crippen LogP contribution >= 0.6 is 0 Å². The van der Waals surface area contributed by atoms with Gasteiger partial charge in [-0.3, -0.25) is 9.69 Å². The molecule has 1 aliphatic heterocycles. The average molecular weight is 352 g/mol. The second-order valence-electron chi connectivity index (χ2n) is 7.19. The number of aryl methyl sites for hydroxylation is 2. The summed E-state index contributed by atoms with van der Waals surface area (Å²) in [5.41, 5.74) is 3.57. The Morgan fingerprint density at radius 1 is 1.23 bits per heavy atom. The minimum Gasteiger partial charge on any atom is -0.484 e. The molecule has 1 amide bonds. The number of carbonyl (C=O) groups is 1. The quantitative estimate of drug-likeness (QED) is 0.863. The number of hydrogen-bond donors (Lipinski definition) is 1. The van der Waals surface area contributed by atoms with Gasteiger partial charge in [0, 0.05) is 25.2 Å². The zero-order chi connectivity index (χ0) is 18.5. The van der Waals surface area contributed by atoms with Gasteiger partial charge in [-0.25, -0.2) is 0 Å². The summed E-state index contributed by atoms with van der Waals surface area (Å²) in [6.07, 6.45) is 0.979. The standard InChI is InChI=1S/C22H28N2O2/c1-16-9-10-21(17(2)13-16)26-15-22(25)23-20-11-12-24(14-20)18(3)19-7-5-4-6-8-19/h4-10,13,18,20H,11-12,14-15H2,1-3H3,(H,23,25). The molecule has 1 fully saturated rings. The molecule has 26 heavy (non-hydrogen) atoms. The number of benzene rings is 2. The molecule has 0 aromatic heterocycles. The molecule has 1 aliphatic rings. The van der Waals surface area contributed by atoms with Gasteiger partial charge in [0.05, 0.1) is 0 Å². The second kappa shape index (κ2) is 8.37. The Morgan fingerprint density at radius 2 is 2.00 bits per heavy atom. The molecule has 0 aliphatic carbocycles. The van der Waals surface area contributed by atoms with Gasteiger partial charge in [-0.1, -0.05) is 48.0 Å². The van der Waals surface area contributed by atoms with Crippen molar-refractivity contribution in [1.29, 1.82) is 0 Å². The summed E-state index contributed by atoms with van der Waals surface area (Å²) >= 11 is 0. The van der Waals surface area contributed by atoms with E-state index in [4.69, 9.17) is 4.74 Å². The van der Waals surface area contributed by atoms with Crippen molar-refractivity contribution in [2.45, 2.75) is 39.3 Å². The smallest absolute Gasteiger partial charge is 0.258 e. The van der Waals surface area contributed by atoms with Gasteiger partial charge in [0.2, 0.25) is 0 Å². The molecular formula is C22H28N2O2. The molecule has 1 saturated heterocycles. The van der Waals surface area contributed by atoms with Crippen molar-refractivity contribution >= 4 is 5.91 Å². The van der Waals surface area contributed by atoms with Crippen molar-refractivity contribution in [1.82, 2.24) is 10.2 Å². The Kier molecular flexibility index (Phi) is 5.94. The van der Waals surface area contributed by atoms with E-state index in [-0.39, 0.29) is 18.6 Å². The van der Waals surface area contributed by atoms with E-state index < -0.39 is 0 Å². The lowest BCUT2D eigenvalue weighted by molar-refractivity contribution is -0.123. The van der Waals surface area contributed by atoms with E-state index in [2.05, 4.69) is 47.5 Å². The number of likely N-dealkylation sites (tertiary alicyclic amines) is 1. The molecule has 2 aromatic rings. The first kappa shape index (κ1) is 18.5. The van der Waals surface area contributed by atoms with Crippen molar-refractivity contribution < 1.29 is 9.53 Å². The molecule has 2 unspecified atom stereocenters. The molecule has 2 aromatic carbocycles. The van der Waals surface area contributed by atoms with Crippen LogP contribution in [0.1, 0.15) is 36.1 Å². The van der Waals surface area contributed by atoms with Crippen LogP contribution in [0.15, 0.2) is 48.5 Å². The number of ether oxygens (including phenoxy) is 1. The van der Waals surface area contributed by atoms with Crippen molar-refractivity contribution in [3.05, 3.63) is 65.2 Å². The van der Waals surface area contributed by atoms with E-state index >= 15 is 0 Å². The van der Waals surface area contributed by atoms with Crippen LogP contribution in [0.25, 0.3) is 0 Å². The fraction of sp³-hybridized carbons (Fsp3) is 0.409. The molecule has 4 nitrogen and oxygen atoms in total. The monoisotopic (exact) mass is 352 g/mol. The van der Waals surface area contributed by atoms with Gasteiger partial charge in [-0.15, -0.1) is 0 Å². The third-order valence-corrected chi connectivity index (χ3v) is 5.10. The normalized spacial score (nSPS) is 18.5. The highest BCUT2D eigenvalue weighted by Gasteiger charge is 2.27. The van der Waals surface area contributed by atoms with Gasteiger partial charge >= 0.3 is 0 Å². The number of hydrogen-bond acceptors (Lipinski definition) is 3. The van der Waals surface area contributed by atoms with E-state index in [9.17, 15) is 4.79 Å². The molecule has 4 heteroatoms. The first-order chi connectivity index (χ1) is 12.5. The molecular weight excluding hydrogens is 324 g/mol. The zero-order valence-electron chi connectivity index (χ0n) is 15.9. The molecule has 0 spiro atoms. The summed E-state index contributed by atoms with van der Waals surface area (Å²) in [6, 6.07) is 17.1. The second-order valence-corrected chi connectivity index (χ2v) is 7.19. The fourth-order valence-electron chi connectivity index (χ4n) is 3.57. The Hall–Kier alpha value is -2.33. The maximum Gasteiger partial charge on any atom is 0.258 e. The SMILES string of the molecule is Cc1ccc(OCC(=O)NC2CCN(C(C)c3ccccc3)C2)c(C)c1. The highest BCUT2D eigenvalue weighted by Crippen LogP contribution is 2.24. The summed E-state index contributed by atoms with van der Waals surface area (Å²) in [4.78, 5) is 14.7. The van der Waals surface area contributed by atoms with E-state index in [0.717, 1.165) is 30.8 Å². The maximum atomic E-state index is 12.2. The summed E-state index contributed by atoms with van der Waals surface area (Å²) in [5, 5.41) is 3.11. The molecule has 0 radical (unpaired) electrons. The molecule has 138 valence electrons. The van der Waals surface area contributed by atoms with Gasteiger partial charge in [0.25, 0.3) is 5.91 Å². The Bertz CT molecular complexity index is 745. The van der Waals surface area contributed by atoms with Crippen LogP contribution in [-0.2, 0) is 4.79 Å². The topological polar surface area (TPSA) is 41.6 Å². The summed E-state index contributed by atoms with van der Waals surface area (Å²) in [5.74, 6) is 0.723. The highest BCUT2D eigenvalue weighted by molar-refractivity contribution is 5.78. The van der Waals surface area contributed by atoms with E-state index in [0.29, 0.717) is 6.04 Å². The van der Waals surface area contributed by atoms with Gasteiger partial charge in [0.1, 0.15) is 5.75 Å². The Balaban J connectivity index is 1.47. The lowest BCUT2D eigenvalue weighted by Gasteiger charge is -2.24. The Labute approximate surface area is 156 Å². The molecule has 0 saturated carbocycles. The van der Waals surface area contributed by atoms with Gasteiger partial charge in [-0.2, -0.15) is 0 Å². The lowest BCUT2D eigenvalue weighted by atomic mass is 10.1. The largest absolute Gasteiger partial charge is 0.484 e. The van der Waals surface area contributed by atoms with Gasteiger partial charge in [-0.05, 0) is 44.4 Å². The van der Waals surface area contributed by atoms with Crippen molar-refractivity contribution in [2.24, 2.45) is 0 Å². The van der Waals surface area contributed by atoms with Crippen LogP contribution < -0.4 is 10.1 Å². The van der Waals surface area contributed by atoms with Crippen LogP contribution in [0.4, 0.5) is 0 Å². The third kappa shape index (κ3) is 4.64. The number of rotatable bonds is 6. The molecule has 3 rings (SSSR count). The van der Waals surface area contributed by atoms with Crippen molar-refractivity contribution in [2.75, 3.05) is 19.7 Å². The zero-order valence-corrected chi connectivity index (χ0v) is 15.9. The molecule has 0 bridgehead atoms. The van der Waals surface area contributed by atoms with Crippen LogP contribution in [0.5, 0.6) is 5.75 Å². The number of carbonyl (C=O) groups excluding carboxylic acids is 1. The summed E-state index contributed by atoms with van der Waals surface area (Å²) in [7, 11) is 0. The van der Waals surface area contributed by atoms with Crippen molar-refractivity contribution in [3.8, 4) is 5.75 Å². The minimum atomic E-state index is -0.0517. The van der Waals surface area contributed by atoms with E-state index in [1.807, 2.05) is 32.0 Å². The van der Waals surface area contributed by atoms with Gasteiger partial charge < -0.3 is 10.1 Å². The minimum absolute atomic E-state index is 0.0517.